The Hall–Kier alpha value is -1.03. The number of rotatable bonds is 1. The van der Waals surface area contributed by atoms with Gasteiger partial charge in [0.05, 0.1) is 12.6 Å². The highest BCUT2D eigenvalue weighted by molar-refractivity contribution is 5.94. The molecule has 4 N–H and O–H groups in total. The monoisotopic (exact) mass is 197 g/mol. The van der Waals surface area contributed by atoms with Crippen LogP contribution in [0.1, 0.15) is 20.8 Å². The van der Waals surface area contributed by atoms with E-state index < -0.39 is 0 Å². The van der Waals surface area contributed by atoms with Gasteiger partial charge in [-0.25, -0.2) is 4.99 Å². The van der Waals surface area contributed by atoms with E-state index in [1.807, 2.05) is 0 Å². The summed E-state index contributed by atoms with van der Waals surface area (Å²) in [5.41, 5.74) is 12.1. The third-order valence-electron chi connectivity index (χ3n) is 2.11. The van der Waals surface area contributed by atoms with E-state index in [1.165, 1.54) is 0 Å². The van der Waals surface area contributed by atoms with Gasteiger partial charge >= 0.3 is 0 Å². The lowest BCUT2D eigenvalue weighted by atomic mass is 9.86. The minimum atomic E-state index is -0.0466. The first-order valence-corrected chi connectivity index (χ1v) is 4.80. The Kier molecular flexibility index (Phi) is 3.16. The SMILES string of the molecule is CC(C)(C)/C(=C/N)C1=NCC(N)CO1. The quantitative estimate of drug-likeness (QED) is 0.647. The van der Waals surface area contributed by atoms with Gasteiger partial charge in [-0.05, 0) is 5.41 Å². The summed E-state index contributed by atoms with van der Waals surface area (Å²) in [4.78, 5) is 4.27. The first-order valence-electron chi connectivity index (χ1n) is 4.80. The summed E-state index contributed by atoms with van der Waals surface area (Å²) >= 11 is 0. The highest BCUT2D eigenvalue weighted by atomic mass is 16.5. The molecule has 0 aliphatic carbocycles. The predicted molar refractivity (Wildman–Crippen MR) is 58.0 cm³/mol. The molecule has 0 aromatic heterocycles. The molecule has 80 valence electrons. The minimum absolute atomic E-state index is 0.0118. The van der Waals surface area contributed by atoms with Crippen LogP contribution in [0.3, 0.4) is 0 Å². The summed E-state index contributed by atoms with van der Waals surface area (Å²) < 4.78 is 5.45. The molecule has 0 bridgehead atoms. The molecule has 1 unspecified atom stereocenters. The van der Waals surface area contributed by atoms with Gasteiger partial charge in [-0.15, -0.1) is 0 Å². The first-order chi connectivity index (χ1) is 6.45. The summed E-state index contributed by atoms with van der Waals surface area (Å²) in [6.07, 6.45) is 1.57. The minimum Gasteiger partial charge on any atom is -0.476 e. The van der Waals surface area contributed by atoms with E-state index in [9.17, 15) is 0 Å². The van der Waals surface area contributed by atoms with Gasteiger partial charge in [0.1, 0.15) is 6.61 Å². The van der Waals surface area contributed by atoms with Gasteiger partial charge in [-0.1, -0.05) is 20.8 Å². The van der Waals surface area contributed by atoms with Crippen LogP contribution < -0.4 is 11.5 Å². The molecule has 0 fully saturated rings. The van der Waals surface area contributed by atoms with Crippen molar-refractivity contribution >= 4 is 5.90 Å². The fraction of sp³-hybridized carbons (Fsp3) is 0.700. The van der Waals surface area contributed by atoms with Gasteiger partial charge in [0, 0.05) is 11.8 Å². The Labute approximate surface area is 85.0 Å². The molecule has 0 saturated heterocycles. The Bertz CT molecular complexity index is 263. The average molecular weight is 197 g/mol. The zero-order chi connectivity index (χ0) is 10.8. The summed E-state index contributed by atoms with van der Waals surface area (Å²) in [5.74, 6) is 0.640. The van der Waals surface area contributed by atoms with Gasteiger partial charge in [-0.2, -0.15) is 0 Å². The van der Waals surface area contributed by atoms with Crippen LogP contribution in [0.2, 0.25) is 0 Å². The smallest absolute Gasteiger partial charge is 0.213 e. The lowest BCUT2D eigenvalue weighted by Crippen LogP contribution is -2.37. The number of hydrogen-bond donors (Lipinski definition) is 2. The third-order valence-corrected chi connectivity index (χ3v) is 2.11. The van der Waals surface area contributed by atoms with E-state index in [-0.39, 0.29) is 11.5 Å². The fourth-order valence-corrected chi connectivity index (χ4v) is 1.29. The molecule has 0 aromatic rings. The van der Waals surface area contributed by atoms with Crippen molar-refractivity contribution in [2.24, 2.45) is 21.9 Å². The number of nitrogens with two attached hydrogens (primary N) is 2. The number of ether oxygens (including phenoxy) is 1. The summed E-state index contributed by atoms with van der Waals surface area (Å²) in [6.45, 7) is 7.36. The van der Waals surface area contributed by atoms with E-state index in [0.29, 0.717) is 19.0 Å². The zero-order valence-electron chi connectivity index (χ0n) is 9.08. The topological polar surface area (TPSA) is 73.6 Å². The van der Waals surface area contributed by atoms with Gasteiger partial charge in [0.25, 0.3) is 0 Å². The van der Waals surface area contributed by atoms with Crippen LogP contribution in [0.4, 0.5) is 0 Å². The maximum Gasteiger partial charge on any atom is 0.213 e. The first kappa shape index (κ1) is 11.0. The number of hydrogen-bond acceptors (Lipinski definition) is 4. The van der Waals surface area contributed by atoms with Crippen molar-refractivity contribution in [3.8, 4) is 0 Å². The van der Waals surface area contributed by atoms with Crippen LogP contribution in [0.25, 0.3) is 0 Å². The maximum absolute atomic E-state index is 5.66. The molecule has 1 rings (SSSR count). The second kappa shape index (κ2) is 4.00. The van der Waals surface area contributed by atoms with E-state index in [1.54, 1.807) is 6.20 Å². The van der Waals surface area contributed by atoms with Gasteiger partial charge in [-0.3, -0.25) is 0 Å². The largest absolute Gasteiger partial charge is 0.476 e. The van der Waals surface area contributed by atoms with Crippen molar-refractivity contribution in [2.75, 3.05) is 13.2 Å². The van der Waals surface area contributed by atoms with Crippen molar-refractivity contribution in [1.29, 1.82) is 0 Å². The zero-order valence-corrected chi connectivity index (χ0v) is 9.08. The molecule has 1 aliphatic heterocycles. The molecular formula is C10H19N3O. The molecule has 1 heterocycles. The van der Waals surface area contributed by atoms with Crippen molar-refractivity contribution in [2.45, 2.75) is 26.8 Å². The standard InChI is InChI=1S/C10H19N3O/c1-10(2,3)8(4-11)9-13-5-7(12)6-14-9/h4,7H,5-6,11-12H2,1-3H3/b8-4+. The van der Waals surface area contributed by atoms with E-state index in [2.05, 4.69) is 25.8 Å². The van der Waals surface area contributed by atoms with Crippen molar-refractivity contribution < 1.29 is 4.74 Å². The molecule has 0 amide bonds. The second-order valence-corrected chi connectivity index (χ2v) is 4.55. The Morgan fingerprint density at radius 3 is 2.57 bits per heavy atom. The number of nitrogens with zero attached hydrogens (tertiary/aromatic N) is 1. The van der Waals surface area contributed by atoms with Gasteiger partial charge in [0.15, 0.2) is 0 Å². The van der Waals surface area contributed by atoms with E-state index in [4.69, 9.17) is 16.2 Å². The van der Waals surface area contributed by atoms with Crippen LogP contribution in [-0.2, 0) is 4.74 Å². The average Bonchev–Trinajstić information content (AvgIpc) is 2.07. The van der Waals surface area contributed by atoms with Crippen molar-refractivity contribution in [3.05, 3.63) is 11.8 Å². The molecule has 4 nitrogen and oxygen atoms in total. The van der Waals surface area contributed by atoms with Crippen molar-refractivity contribution in [3.63, 3.8) is 0 Å². The Morgan fingerprint density at radius 2 is 2.21 bits per heavy atom. The van der Waals surface area contributed by atoms with Crippen LogP contribution in [0.5, 0.6) is 0 Å². The van der Waals surface area contributed by atoms with Crippen LogP contribution in [0.15, 0.2) is 16.8 Å². The molecule has 4 heteroatoms. The second-order valence-electron chi connectivity index (χ2n) is 4.55. The molecule has 1 atom stereocenters. The normalized spacial score (nSPS) is 24.1. The van der Waals surface area contributed by atoms with Gasteiger partial charge in [0.2, 0.25) is 5.90 Å². The molecule has 1 aliphatic rings. The highest BCUT2D eigenvalue weighted by Gasteiger charge is 2.25. The predicted octanol–water partition coefficient (Wildman–Crippen LogP) is 0.631. The third kappa shape index (κ3) is 2.48. The molecule has 0 radical (unpaired) electrons. The number of aliphatic imine (C=N–C) groups is 1. The Balaban J connectivity index is 2.83. The van der Waals surface area contributed by atoms with E-state index >= 15 is 0 Å². The lowest BCUT2D eigenvalue weighted by molar-refractivity contribution is 0.254. The van der Waals surface area contributed by atoms with Crippen LogP contribution in [0, 0.1) is 5.41 Å². The Morgan fingerprint density at radius 1 is 1.57 bits per heavy atom. The summed E-state index contributed by atoms with van der Waals surface area (Å²) in [7, 11) is 0. The summed E-state index contributed by atoms with van der Waals surface area (Å²) in [5, 5.41) is 0. The van der Waals surface area contributed by atoms with E-state index in [0.717, 1.165) is 5.57 Å². The lowest BCUT2D eigenvalue weighted by Gasteiger charge is -2.27. The molecular weight excluding hydrogens is 178 g/mol. The molecule has 0 saturated carbocycles. The maximum atomic E-state index is 5.66. The fourth-order valence-electron chi connectivity index (χ4n) is 1.29. The molecule has 14 heavy (non-hydrogen) atoms. The highest BCUT2D eigenvalue weighted by Crippen LogP contribution is 2.26. The van der Waals surface area contributed by atoms with Crippen LogP contribution in [-0.4, -0.2) is 25.1 Å². The molecule has 0 aromatic carbocycles. The summed E-state index contributed by atoms with van der Waals surface area (Å²) in [6, 6.07) is 0.0118. The van der Waals surface area contributed by atoms with Crippen LogP contribution >= 0.6 is 0 Å². The van der Waals surface area contributed by atoms with Gasteiger partial charge < -0.3 is 16.2 Å². The molecule has 0 spiro atoms. The van der Waals surface area contributed by atoms with Crippen molar-refractivity contribution in [1.82, 2.24) is 0 Å².